The maximum atomic E-state index is 10.3. The minimum Gasteiger partial charge on any atom is -0.550 e. The summed E-state index contributed by atoms with van der Waals surface area (Å²) in [4.78, 5) is 51.6. The number of carbonyl (C=O) groups is 5. The van der Waals surface area contributed by atoms with E-state index in [-0.39, 0.29) is 75.3 Å². The summed E-state index contributed by atoms with van der Waals surface area (Å²) >= 11 is 0. The van der Waals surface area contributed by atoms with Crippen LogP contribution in [0.2, 0.25) is 0 Å². The summed E-state index contributed by atoms with van der Waals surface area (Å²) < 4.78 is 0. The number of carboxylic acids is 5. The summed E-state index contributed by atoms with van der Waals surface area (Å²) in [5.41, 5.74) is 0. The average Bonchev–Trinajstić information content (AvgIpc) is 3.07. The van der Waals surface area contributed by atoms with Gasteiger partial charge in [-0.05, 0) is 93.8 Å². The normalized spacial score (nSPS) is 12.5. The third-order valence-corrected chi connectivity index (χ3v) is 8.66. The molecular formula is C40H75BiO10Zn. The molecule has 0 aromatic heterocycles. The first-order valence-corrected chi connectivity index (χ1v) is 19.6. The molecule has 0 aromatic carbocycles. The number of carboxylic acid groups (broad SMARTS) is 5. The minimum absolute atomic E-state index is 0. The maximum Gasteiger partial charge on any atom is 3.00 e. The Hall–Kier alpha value is -1.14. The Morgan fingerprint density at radius 1 is 0.327 bits per heavy atom. The molecular weight excluding hydrogens is 915 g/mol. The van der Waals surface area contributed by atoms with Gasteiger partial charge in [-0.2, -0.15) is 0 Å². The molecule has 12 heteroatoms. The van der Waals surface area contributed by atoms with Gasteiger partial charge in [-0.1, -0.05) is 133 Å². The van der Waals surface area contributed by atoms with Crippen LogP contribution in [0.3, 0.4) is 0 Å². The van der Waals surface area contributed by atoms with Crippen molar-refractivity contribution in [3.8, 4) is 0 Å². The molecule has 302 valence electrons. The molecule has 10 nitrogen and oxygen atoms in total. The van der Waals surface area contributed by atoms with E-state index >= 15 is 0 Å². The van der Waals surface area contributed by atoms with Crippen LogP contribution in [0.15, 0.2) is 0 Å². The fourth-order valence-electron chi connectivity index (χ4n) is 4.70. The van der Waals surface area contributed by atoms with Crippen LogP contribution >= 0.6 is 0 Å². The van der Waals surface area contributed by atoms with Crippen molar-refractivity contribution in [2.45, 2.75) is 198 Å². The van der Waals surface area contributed by atoms with Crippen molar-refractivity contribution in [1.82, 2.24) is 0 Å². The number of hydrogen-bond acceptors (Lipinski definition) is 10. The van der Waals surface area contributed by atoms with E-state index in [4.69, 9.17) is 0 Å². The van der Waals surface area contributed by atoms with Crippen LogP contribution in [-0.2, 0) is 43.5 Å². The van der Waals surface area contributed by atoms with Gasteiger partial charge < -0.3 is 49.5 Å². The van der Waals surface area contributed by atoms with Crippen molar-refractivity contribution in [1.29, 1.82) is 0 Å². The van der Waals surface area contributed by atoms with E-state index in [1.165, 1.54) is 0 Å². The Balaban J connectivity index is -0.0000000964. The van der Waals surface area contributed by atoms with Gasteiger partial charge in [-0.3, -0.25) is 0 Å². The van der Waals surface area contributed by atoms with E-state index in [2.05, 4.69) is 34.6 Å². The summed E-state index contributed by atoms with van der Waals surface area (Å²) in [6, 6.07) is 0. The first-order valence-electron chi connectivity index (χ1n) is 19.6. The average molecular weight is 990 g/mol. The van der Waals surface area contributed by atoms with Crippen LogP contribution in [0.4, 0.5) is 0 Å². The molecule has 0 aliphatic heterocycles. The predicted molar refractivity (Wildman–Crippen MR) is 197 cm³/mol. The molecule has 5 atom stereocenters. The van der Waals surface area contributed by atoms with Gasteiger partial charge in [0, 0.05) is 29.8 Å². The van der Waals surface area contributed by atoms with Crippen LogP contribution in [0.25, 0.3) is 0 Å². The second-order valence-electron chi connectivity index (χ2n) is 12.8. The molecule has 2 radical (unpaired) electrons. The van der Waals surface area contributed by atoms with Crippen LogP contribution in [-0.4, -0.2) is 56.0 Å². The number of carbonyl (C=O) groups excluding carboxylic acids is 5. The zero-order valence-corrected chi connectivity index (χ0v) is 41.2. The number of rotatable bonds is 25. The quantitative estimate of drug-likeness (QED) is 0.118. The maximum absolute atomic E-state index is 10.3. The van der Waals surface area contributed by atoms with Crippen molar-refractivity contribution in [3.05, 3.63) is 0 Å². The number of aliphatic carboxylic acids is 5. The van der Waals surface area contributed by atoms with E-state index in [1.807, 2.05) is 34.6 Å². The predicted octanol–water partition coefficient (Wildman–Crippen LogP) is 4.38. The van der Waals surface area contributed by atoms with E-state index in [0.29, 0.717) is 32.1 Å². The third-order valence-electron chi connectivity index (χ3n) is 8.66. The van der Waals surface area contributed by atoms with E-state index in [9.17, 15) is 49.5 Å². The van der Waals surface area contributed by atoms with Crippen LogP contribution < -0.4 is 25.5 Å². The summed E-state index contributed by atoms with van der Waals surface area (Å²) in [7, 11) is 0. The first kappa shape index (κ1) is 65.7. The summed E-state index contributed by atoms with van der Waals surface area (Å²) in [5.74, 6) is -5.57. The monoisotopic (exact) mass is 988 g/mol. The van der Waals surface area contributed by atoms with E-state index < -0.39 is 29.8 Å². The molecule has 0 heterocycles. The van der Waals surface area contributed by atoms with Crippen molar-refractivity contribution in [2.75, 3.05) is 0 Å². The van der Waals surface area contributed by atoms with Gasteiger partial charge in [-0.15, -0.1) is 0 Å². The van der Waals surface area contributed by atoms with Gasteiger partial charge in [0.05, 0.1) is 0 Å². The Bertz CT molecular complexity index is 662. The zero-order valence-electron chi connectivity index (χ0n) is 34.8. The van der Waals surface area contributed by atoms with E-state index in [1.54, 1.807) is 0 Å². The van der Waals surface area contributed by atoms with Crippen LogP contribution in [0.1, 0.15) is 198 Å². The summed E-state index contributed by atoms with van der Waals surface area (Å²) in [5, 5.41) is 51.6. The third kappa shape index (κ3) is 46.9. The number of unbranched alkanes of at least 4 members (excludes halogenated alkanes) is 5. The molecule has 0 saturated heterocycles. The smallest absolute Gasteiger partial charge is 0.550 e. The second-order valence-corrected chi connectivity index (χ2v) is 12.8. The van der Waals surface area contributed by atoms with Crippen molar-refractivity contribution >= 4 is 56.0 Å². The zero-order chi connectivity index (χ0) is 39.9. The SMILES string of the molecule is CCCCC(CC)C(=O)[O-].CCCCC(CC)C(=O)[O-].CCCCC(CC)C(=O)[O-].CCCCC(CC)C(=O)[O-].CCCCC(CC)C(=O)[O-].[Bi+3].[Zn+2]. The van der Waals surface area contributed by atoms with Gasteiger partial charge in [0.15, 0.2) is 0 Å². The van der Waals surface area contributed by atoms with Crippen molar-refractivity contribution in [2.24, 2.45) is 29.6 Å². The first-order chi connectivity index (χ1) is 23.6. The second kappa shape index (κ2) is 49.9. The molecule has 0 amide bonds. The molecule has 0 rings (SSSR count). The molecule has 0 aliphatic rings. The molecule has 0 bridgehead atoms. The molecule has 0 aromatic rings. The molecule has 0 saturated carbocycles. The van der Waals surface area contributed by atoms with Gasteiger partial charge in [0.1, 0.15) is 0 Å². The molecule has 0 N–H and O–H groups in total. The van der Waals surface area contributed by atoms with Crippen molar-refractivity contribution < 1.29 is 69.0 Å². The fraction of sp³-hybridized carbons (Fsp3) is 0.875. The summed E-state index contributed by atoms with van der Waals surface area (Å²) in [6.45, 7) is 19.7. The molecule has 0 fully saturated rings. The minimum atomic E-state index is -0.893. The van der Waals surface area contributed by atoms with Gasteiger partial charge in [-0.25, -0.2) is 0 Å². The van der Waals surface area contributed by atoms with Crippen LogP contribution in [0.5, 0.6) is 0 Å². The molecule has 0 aliphatic carbocycles. The van der Waals surface area contributed by atoms with E-state index in [0.717, 1.165) is 96.3 Å². The van der Waals surface area contributed by atoms with Gasteiger partial charge in [0.2, 0.25) is 0 Å². The van der Waals surface area contributed by atoms with Crippen molar-refractivity contribution in [3.63, 3.8) is 0 Å². The fourth-order valence-corrected chi connectivity index (χ4v) is 4.70. The topological polar surface area (TPSA) is 201 Å². The summed E-state index contributed by atoms with van der Waals surface area (Å²) in [6.07, 6.45) is 17.6. The Kier molecular flexibility index (Phi) is 63.0. The Labute approximate surface area is 350 Å². The van der Waals surface area contributed by atoms with Crippen LogP contribution in [0, 0.1) is 29.6 Å². The largest absolute Gasteiger partial charge is 3.00 e. The standard InChI is InChI=1S/5C8H16O2.Bi.Zn/c5*1-3-5-6-7(4-2)8(9)10;;/h5*7H,3-6H2,1-2H3,(H,9,10);;/q;;;;;+3;+2/p-5. The number of hydrogen-bond donors (Lipinski definition) is 0. The molecule has 5 unspecified atom stereocenters. The Morgan fingerprint density at radius 3 is 0.500 bits per heavy atom. The molecule has 0 spiro atoms. The van der Waals surface area contributed by atoms with Gasteiger partial charge in [0.25, 0.3) is 0 Å². The van der Waals surface area contributed by atoms with Gasteiger partial charge >= 0.3 is 45.7 Å². The molecule has 52 heavy (non-hydrogen) atoms. The Morgan fingerprint density at radius 2 is 0.442 bits per heavy atom.